The number of nitrogens with zero attached hydrogens (tertiary/aromatic N) is 2. The van der Waals surface area contributed by atoms with Gasteiger partial charge in [-0.05, 0) is 7.05 Å². The van der Waals surface area contributed by atoms with Crippen LogP contribution in [0.15, 0.2) is 40.9 Å². The Morgan fingerprint density at radius 3 is 3.00 bits per heavy atom. The van der Waals surface area contributed by atoms with Gasteiger partial charge in [-0.15, -0.1) is 0 Å². The van der Waals surface area contributed by atoms with Crippen LogP contribution in [0.25, 0.3) is 11.3 Å². The van der Waals surface area contributed by atoms with Gasteiger partial charge in [-0.25, -0.2) is 0 Å². The highest BCUT2D eigenvalue weighted by Gasteiger charge is 2.21. The molecule has 112 valence electrons. The minimum absolute atomic E-state index is 0.250. The van der Waals surface area contributed by atoms with Gasteiger partial charge in [-0.2, -0.15) is 0 Å². The van der Waals surface area contributed by atoms with Gasteiger partial charge in [0.05, 0.1) is 19.3 Å². The van der Waals surface area contributed by atoms with Crippen molar-refractivity contribution in [1.82, 2.24) is 15.4 Å². The zero-order valence-electron chi connectivity index (χ0n) is 12.3. The van der Waals surface area contributed by atoms with Crippen molar-refractivity contribution < 1.29 is 9.26 Å². The number of benzene rings is 1. The van der Waals surface area contributed by atoms with Gasteiger partial charge < -0.3 is 14.6 Å². The quantitative estimate of drug-likeness (QED) is 0.908. The highest BCUT2D eigenvalue weighted by molar-refractivity contribution is 5.58. The summed E-state index contributed by atoms with van der Waals surface area (Å²) in [5.74, 6) is 0.902. The summed E-state index contributed by atoms with van der Waals surface area (Å²) in [5, 5.41) is 7.32. The second kappa shape index (κ2) is 6.85. The smallest absolute Gasteiger partial charge is 0.151 e. The Hall–Kier alpha value is -1.69. The topological polar surface area (TPSA) is 50.5 Å². The van der Waals surface area contributed by atoms with E-state index < -0.39 is 0 Å². The molecule has 3 rings (SSSR count). The van der Waals surface area contributed by atoms with Gasteiger partial charge in [-0.1, -0.05) is 35.5 Å². The van der Waals surface area contributed by atoms with Crippen molar-refractivity contribution in [3.63, 3.8) is 0 Å². The van der Waals surface area contributed by atoms with E-state index in [1.165, 1.54) is 0 Å². The average Bonchev–Trinajstić information content (AvgIpc) is 2.97. The molecular weight excluding hydrogens is 266 g/mol. The lowest BCUT2D eigenvalue weighted by Gasteiger charge is -2.32. The molecule has 1 atom stereocenters. The molecule has 2 heterocycles. The Labute approximate surface area is 124 Å². The van der Waals surface area contributed by atoms with E-state index >= 15 is 0 Å². The first-order chi connectivity index (χ1) is 10.3. The first kappa shape index (κ1) is 14.3. The molecule has 5 heteroatoms. The molecule has 1 aromatic carbocycles. The van der Waals surface area contributed by atoms with Crippen LogP contribution < -0.4 is 5.32 Å². The molecule has 0 aliphatic carbocycles. The van der Waals surface area contributed by atoms with E-state index in [-0.39, 0.29) is 6.10 Å². The lowest BCUT2D eigenvalue weighted by Crippen LogP contribution is -2.45. The minimum Gasteiger partial charge on any atom is -0.374 e. The maximum atomic E-state index is 5.71. The molecule has 1 fully saturated rings. The molecule has 1 N–H and O–H groups in total. The Morgan fingerprint density at radius 1 is 1.33 bits per heavy atom. The second-order valence-electron chi connectivity index (χ2n) is 5.33. The van der Waals surface area contributed by atoms with Gasteiger partial charge in [0.15, 0.2) is 5.76 Å². The Balaban J connectivity index is 1.62. The predicted octanol–water partition coefficient (Wildman–Crippen LogP) is 1.76. The summed E-state index contributed by atoms with van der Waals surface area (Å²) < 4.78 is 11.2. The number of likely N-dealkylation sites (N-methyl/N-ethyl adjacent to an activating group) is 1. The Morgan fingerprint density at radius 2 is 2.19 bits per heavy atom. The monoisotopic (exact) mass is 287 g/mol. The fourth-order valence-electron chi connectivity index (χ4n) is 2.63. The second-order valence-corrected chi connectivity index (χ2v) is 5.33. The average molecular weight is 287 g/mol. The molecule has 1 aliphatic heterocycles. The zero-order valence-corrected chi connectivity index (χ0v) is 12.3. The van der Waals surface area contributed by atoms with Crippen LogP contribution in [-0.2, 0) is 11.3 Å². The van der Waals surface area contributed by atoms with Gasteiger partial charge in [0.25, 0.3) is 0 Å². The fraction of sp³-hybridized carbons (Fsp3) is 0.438. The summed E-state index contributed by atoms with van der Waals surface area (Å²) in [6.07, 6.45) is 0.250. The summed E-state index contributed by atoms with van der Waals surface area (Å²) in [4.78, 5) is 2.35. The van der Waals surface area contributed by atoms with Gasteiger partial charge in [0, 0.05) is 31.3 Å². The van der Waals surface area contributed by atoms with Gasteiger partial charge in [-0.3, -0.25) is 4.90 Å². The molecule has 0 radical (unpaired) electrons. The van der Waals surface area contributed by atoms with Crippen LogP contribution in [0.2, 0.25) is 0 Å². The van der Waals surface area contributed by atoms with Crippen molar-refractivity contribution in [2.45, 2.75) is 12.6 Å². The normalized spacial score (nSPS) is 19.8. The Kier molecular flexibility index (Phi) is 4.65. The van der Waals surface area contributed by atoms with Crippen LogP contribution in [0.5, 0.6) is 0 Å². The van der Waals surface area contributed by atoms with Gasteiger partial charge >= 0.3 is 0 Å². The largest absolute Gasteiger partial charge is 0.374 e. The van der Waals surface area contributed by atoms with Crippen molar-refractivity contribution in [3.05, 3.63) is 42.2 Å². The highest BCUT2D eigenvalue weighted by Crippen LogP contribution is 2.20. The van der Waals surface area contributed by atoms with E-state index in [4.69, 9.17) is 9.26 Å². The van der Waals surface area contributed by atoms with Crippen molar-refractivity contribution >= 4 is 0 Å². The third kappa shape index (κ3) is 3.69. The van der Waals surface area contributed by atoms with Crippen molar-refractivity contribution in [1.29, 1.82) is 0 Å². The molecule has 2 aromatic rings. The zero-order chi connectivity index (χ0) is 14.5. The van der Waals surface area contributed by atoms with Crippen molar-refractivity contribution in [2.24, 2.45) is 0 Å². The van der Waals surface area contributed by atoms with Gasteiger partial charge in [0.1, 0.15) is 5.69 Å². The third-order valence-electron chi connectivity index (χ3n) is 3.66. The van der Waals surface area contributed by atoms with Crippen LogP contribution in [0.1, 0.15) is 5.76 Å². The maximum Gasteiger partial charge on any atom is 0.151 e. The number of morpholine rings is 1. The molecule has 0 saturated carbocycles. The number of rotatable bonds is 5. The first-order valence-corrected chi connectivity index (χ1v) is 7.35. The number of hydrogen-bond acceptors (Lipinski definition) is 5. The van der Waals surface area contributed by atoms with Crippen LogP contribution in [0.4, 0.5) is 0 Å². The molecule has 0 spiro atoms. The SMILES string of the molecule is CNCC1CN(Cc2cc(-c3ccccc3)no2)CCO1. The molecule has 1 unspecified atom stereocenters. The third-order valence-corrected chi connectivity index (χ3v) is 3.66. The molecule has 21 heavy (non-hydrogen) atoms. The lowest BCUT2D eigenvalue weighted by atomic mass is 10.1. The summed E-state index contributed by atoms with van der Waals surface area (Å²) in [7, 11) is 1.95. The summed E-state index contributed by atoms with van der Waals surface area (Å²) >= 11 is 0. The summed E-state index contributed by atoms with van der Waals surface area (Å²) in [5.41, 5.74) is 1.98. The van der Waals surface area contributed by atoms with Crippen LogP contribution in [-0.4, -0.2) is 49.4 Å². The number of hydrogen-bond donors (Lipinski definition) is 1. The van der Waals surface area contributed by atoms with Crippen LogP contribution in [0, 0.1) is 0 Å². The van der Waals surface area contributed by atoms with Crippen molar-refractivity contribution in [3.8, 4) is 11.3 Å². The molecule has 0 bridgehead atoms. The standard InChI is InChI=1S/C16H21N3O2/c1-17-10-15-12-19(7-8-20-15)11-14-9-16(18-21-14)13-5-3-2-4-6-13/h2-6,9,15,17H,7-8,10-12H2,1H3. The van der Waals surface area contributed by atoms with E-state index in [0.29, 0.717) is 0 Å². The Bertz CT molecular complexity index is 554. The molecule has 1 aromatic heterocycles. The number of ether oxygens (including phenoxy) is 1. The summed E-state index contributed by atoms with van der Waals surface area (Å²) in [6, 6.07) is 12.1. The van der Waals surface area contributed by atoms with Gasteiger partial charge in [0.2, 0.25) is 0 Å². The number of nitrogens with one attached hydrogen (secondary N) is 1. The molecule has 1 aliphatic rings. The molecule has 1 saturated heterocycles. The van der Waals surface area contributed by atoms with E-state index in [9.17, 15) is 0 Å². The van der Waals surface area contributed by atoms with E-state index in [2.05, 4.69) is 15.4 Å². The molecule has 5 nitrogen and oxygen atoms in total. The first-order valence-electron chi connectivity index (χ1n) is 7.35. The van der Waals surface area contributed by atoms with Crippen LogP contribution in [0.3, 0.4) is 0 Å². The molecular formula is C16H21N3O2. The predicted molar refractivity (Wildman–Crippen MR) is 80.9 cm³/mol. The fourth-order valence-corrected chi connectivity index (χ4v) is 2.63. The van der Waals surface area contributed by atoms with E-state index in [0.717, 1.165) is 49.8 Å². The van der Waals surface area contributed by atoms with Crippen LogP contribution >= 0.6 is 0 Å². The lowest BCUT2D eigenvalue weighted by molar-refractivity contribution is -0.0313. The van der Waals surface area contributed by atoms with E-state index in [1.54, 1.807) is 0 Å². The van der Waals surface area contributed by atoms with Crippen molar-refractivity contribution in [2.75, 3.05) is 33.3 Å². The molecule has 0 amide bonds. The number of aromatic nitrogens is 1. The maximum absolute atomic E-state index is 5.71. The highest BCUT2D eigenvalue weighted by atomic mass is 16.5. The van der Waals surface area contributed by atoms with E-state index in [1.807, 2.05) is 43.4 Å². The summed E-state index contributed by atoms with van der Waals surface area (Å²) in [6.45, 7) is 4.28. The minimum atomic E-state index is 0.250.